The Hall–Kier alpha value is -2.08. The lowest BCUT2D eigenvalue weighted by Crippen LogP contribution is -1.97. The number of anilines is 2. The maximum absolute atomic E-state index is 11.1. The number of aromatic nitrogens is 3. The van der Waals surface area contributed by atoms with Crippen molar-refractivity contribution >= 4 is 29.5 Å². The van der Waals surface area contributed by atoms with Crippen LogP contribution in [0.3, 0.4) is 0 Å². The number of carbonyl (C=O) groups excluding carboxylic acids is 1. The third-order valence-corrected chi connectivity index (χ3v) is 2.32. The molecule has 0 fully saturated rings. The molecular formula is C11H10N4OS. The minimum atomic E-state index is 0.0403. The van der Waals surface area contributed by atoms with Gasteiger partial charge in [-0.05, 0) is 43.4 Å². The van der Waals surface area contributed by atoms with Crippen LogP contribution in [-0.2, 0) is 0 Å². The van der Waals surface area contributed by atoms with E-state index in [1.807, 2.05) is 0 Å². The largest absolute Gasteiger partial charge is 0.339 e. The van der Waals surface area contributed by atoms with Gasteiger partial charge in [0, 0.05) is 11.3 Å². The number of Topliss-reactive ketones (excluding diaryl/α,β-unsaturated/α-hetero) is 1. The molecule has 0 aliphatic heterocycles. The summed E-state index contributed by atoms with van der Waals surface area (Å²) in [6, 6.07) is 7.11. The Morgan fingerprint density at radius 3 is 2.65 bits per heavy atom. The predicted octanol–water partition coefficient (Wildman–Crippen LogP) is 2.48. The Balaban J connectivity index is 2.19. The highest BCUT2D eigenvalue weighted by Crippen LogP contribution is 2.14. The van der Waals surface area contributed by atoms with Crippen LogP contribution in [0.5, 0.6) is 0 Å². The highest BCUT2D eigenvalue weighted by atomic mass is 32.1. The second kappa shape index (κ2) is 4.84. The summed E-state index contributed by atoms with van der Waals surface area (Å²) in [7, 11) is 0. The van der Waals surface area contributed by atoms with Crippen molar-refractivity contribution in [1.29, 1.82) is 0 Å². The molecule has 0 spiro atoms. The van der Waals surface area contributed by atoms with Gasteiger partial charge in [0.1, 0.15) is 0 Å². The quantitative estimate of drug-likeness (QED) is 0.643. The first-order valence-electron chi connectivity index (χ1n) is 4.95. The van der Waals surface area contributed by atoms with Crippen LogP contribution < -0.4 is 5.32 Å². The first-order chi connectivity index (χ1) is 8.15. The molecule has 0 amide bonds. The van der Waals surface area contributed by atoms with Gasteiger partial charge in [-0.3, -0.25) is 9.89 Å². The van der Waals surface area contributed by atoms with Gasteiger partial charge >= 0.3 is 0 Å². The molecule has 0 aliphatic carbocycles. The molecule has 0 saturated carbocycles. The molecule has 0 bridgehead atoms. The Bertz CT molecular complexity index is 591. The molecular weight excluding hydrogens is 236 g/mol. The minimum absolute atomic E-state index is 0.0403. The summed E-state index contributed by atoms with van der Waals surface area (Å²) in [4.78, 5) is 15.1. The molecule has 1 aromatic heterocycles. The van der Waals surface area contributed by atoms with Crippen LogP contribution in [-0.4, -0.2) is 21.0 Å². The van der Waals surface area contributed by atoms with Gasteiger partial charge in [0.25, 0.3) is 0 Å². The molecule has 0 radical (unpaired) electrons. The zero-order valence-corrected chi connectivity index (χ0v) is 9.91. The van der Waals surface area contributed by atoms with Crippen LogP contribution in [0.4, 0.5) is 11.5 Å². The average molecular weight is 246 g/mol. The van der Waals surface area contributed by atoms with Crippen molar-refractivity contribution in [3.63, 3.8) is 0 Å². The van der Waals surface area contributed by atoms with Crippen molar-refractivity contribution in [1.82, 2.24) is 15.2 Å². The first kappa shape index (κ1) is 11.4. The van der Waals surface area contributed by atoms with E-state index in [2.05, 4.69) is 20.5 Å². The van der Waals surface area contributed by atoms with Gasteiger partial charge in [-0.2, -0.15) is 10.1 Å². The SMILES string of the molecule is CC(=O)c1ccc(Nc2cn[nH]c(=S)n2)cc1. The van der Waals surface area contributed by atoms with E-state index in [9.17, 15) is 4.79 Å². The summed E-state index contributed by atoms with van der Waals surface area (Å²) in [5.74, 6) is 0.600. The summed E-state index contributed by atoms with van der Waals surface area (Å²) in [6.45, 7) is 1.53. The molecule has 0 unspecified atom stereocenters. The van der Waals surface area contributed by atoms with Crippen LogP contribution in [0.25, 0.3) is 0 Å². The second-order valence-electron chi connectivity index (χ2n) is 3.43. The Labute approximate surface area is 103 Å². The molecule has 17 heavy (non-hydrogen) atoms. The molecule has 0 saturated heterocycles. The van der Waals surface area contributed by atoms with Crippen LogP contribution in [0.15, 0.2) is 30.5 Å². The van der Waals surface area contributed by atoms with E-state index in [4.69, 9.17) is 12.2 Å². The number of H-pyrrole nitrogens is 1. The lowest BCUT2D eigenvalue weighted by molar-refractivity contribution is 0.101. The number of benzene rings is 1. The van der Waals surface area contributed by atoms with Crippen LogP contribution in [0.2, 0.25) is 0 Å². The predicted molar refractivity (Wildman–Crippen MR) is 66.9 cm³/mol. The van der Waals surface area contributed by atoms with Crippen molar-refractivity contribution < 1.29 is 4.79 Å². The van der Waals surface area contributed by atoms with Crippen molar-refractivity contribution in [2.75, 3.05) is 5.32 Å². The van der Waals surface area contributed by atoms with Gasteiger partial charge < -0.3 is 5.32 Å². The standard InChI is InChI=1S/C11H10N4OS/c1-7(16)8-2-4-9(5-3-8)13-10-6-12-15-11(17)14-10/h2-6H,1H3,(H2,13,14,15,17). The maximum atomic E-state index is 11.1. The number of hydrogen-bond donors (Lipinski definition) is 2. The van der Waals surface area contributed by atoms with Gasteiger partial charge in [0.2, 0.25) is 4.77 Å². The second-order valence-corrected chi connectivity index (χ2v) is 3.82. The van der Waals surface area contributed by atoms with Crippen molar-refractivity contribution in [3.8, 4) is 0 Å². The van der Waals surface area contributed by atoms with E-state index in [-0.39, 0.29) is 5.78 Å². The molecule has 1 aromatic carbocycles. The number of rotatable bonds is 3. The van der Waals surface area contributed by atoms with E-state index in [1.54, 1.807) is 24.3 Å². The molecule has 5 nitrogen and oxygen atoms in total. The smallest absolute Gasteiger partial charge is 0.215 e. The highest BCUT2D eigenvalue weighted by Gasteiger charge is 2.00. The summed E-state index contributed by atoms with van der Waals surface area (Å²) in [5.41, 5.74) is 1.50. The number of carbonyl (C=O) groups is 1. The highest BCUT2D eigenvalue weighted by molar-refractivity contribution is 7.71. The summed E-state index contributed by atoms with van der Waals surface area (Å²) < 4.78 is 0.315. The third kappa shape index (κ3) is 2.94. The summed E-state index contributed by atoms with van der Waals surface area (Å²) >= 11 is 4.86. The lowest BCUT2D eigenvalue weighted by Gasteiger charge is -2.04. The number of aromatic amines is 1. The van der Waals surface area contributed by atoms with Gasteiger partial charge in [0.15, 0.2) is 11.6 Å². The zero-order chi connectivity index (χ0) is 12.3. The van der Waals surface area contributed by atoms with Gasteiger partial charge in [-0.1, -0.05) is 0 Å². The number of hydrogen-bond acceptors (Lipinski definition) is 5. The fraction of sp³-hybridized carbons (Fsp3) is 0.0909. The van der Waals surface area contributed by atoms with E-state index in [1.165, 1.54) is 13.1 Å². The number of nitrogens with zero attached hydrogens (tertiary/aromatic N) is 2. The van der Waals surface area contributed by atoms with Gasteiger partial charge in [-0.25, -0.2) is 0 Å². The normalized spacial score (nSPS) is 9.94. The van der Waals surface area contributed by atoms with E-state index in [0.29, 0.717) is 16.2 Å². The van der Waals surface area contributed by atoms with Crippen molar-refractivity contribution in [3.05, 3.63) is 40.8 Å². The van der Waals surface area contributed by atoms with Crippen LogP contribution in [0, 0.1) is 4.77 Å². The fourth-order valence-electron chi connectivity index (χ4n) is 1.31. The topological polar surface area (TPSA) is 70.7 Å². The zero-order valence-electron chi connectivity index (χ0n) is 9.10. The van der Waals surface area contributed by atoms with E-state index < -0.39 is 0 Å². The fourth-order valence-corrected chi connectivity index (χ4v) is 1.46. The van der Waals surface area contributed by atoms with E-state index in [0.717, 1.165) is 5.69 Å². The van der Waals surface area contributed by atoms with E-state index >= 15 is 0 Å². The summed E-state index contributed by atoms with van der Waals surface area (Å²) in [5, 5.41) is 9.41. The number of nitrogens with one attached hydrogen (secondary N) is 2. The average Bonchev–Trinajstić information content (AvgIpc) is 2.29. The lowest BCUT2D eigenvalue weighted by atomic mass is 10.1. The van der Waals surface area contributed by atoms with Gasteiger partial charge in [0.05, 0.1) is 6.20 Å². The van der Waals surface area contributed by atoms with Gasteiger partial charge in [-0.15, -0.1) is 0 Å². The Kier molecular flexibility index (Phi) is 3.24. The summed E-state index contributed by atoms with van der Waals surface area (Å²) in [6.07, 6.45) is 1.54. The first-order valence-corrected chi connectivity index (χ1v) is 5.36. The number of ketones is 1. The monoisotopic (exact) mass is 246 g/mol. The minimum Gasteiger partial charge on any atom is -0.339 e. The Morgan fingerprint density at radius 1 is 1.35 bits per heavy atom. The molecule has 0 aliphatic rings. The molecule has 2 aromatic rings. The van der Waals surface area contributed by atoms with Crippen LogP contribution >= 0.6 is 12.2 Å². The molecule has 86 valence electrons. The molecule has 2 N–H and O–H groups in total. The van der Waals surface area contributed by atoms with Crippen molar-refractivity contribution in [2.24, 2.45) is 0 Å². The van der Waals surface area contributed by atoms with Crippen molar-refractivity contribution in [2.45, 2.75) is 6.92 Å². The molecule has 6 heteroatoms. The van der Waals surface area contributed by atoms with Crippen LogP contribution in [0.1, 0.15) is 17.3 Å². The third-order valence-electron chi connectivity index (χ3n) is 2.13. The molecule has 1 heterocycles. The maximum Gasteiger partial charge on any atom is 0.215 e. The molecule has 0 atom stereocenters. The Morgan fingerprint density at radius 2 is 2.06 bits per heavy atom. The molecule has 2 rings (SSSR count).